The summed E-state index contributed by atoms with van der Waals surface area (Å²) in [5.74, 6) is -0.534. The number of hydrogen-bond acceptors (Lipinski definition) is 7. The number of rotatable bonds is 8. The minimum Gasteiger partial charge on any atom is -0.487 e. The molecule has 228 valence electrons. The van der Waals surface area contributed by atoms with E-state index in [0.717, 1.165) is 10.4 Å². The summed E-state index contributed by atoms with van der Waals surface area (Å²) in [7, 11) is 0. The number of aryl methyl sites for hydroxylation is 1. The smallest absolute Gasteiger partial charge is 0.436 e. The van der Waals surface area contributed by atoms with E-state index in [1.54, 1.807) is 55.9 Å². The van der Waals surface area contributed by atoms with Crippen molar-refractivity contribution in [2.45, 2.75) is 52.5 Å². The molecule has 0 saturated carbocycles. The zero-order chi connectivity index (χ0) is 31.8. The lowest BCUT2D eigenvalue weighted by Crippen LogP contribution is -2.23. The van der Waals surface area contributed by atoms with Crippen molar-refractivity contribution in [3.63, 3.8) is 0 Å². The molecule has 0 aliphatic heterocycles. The SMILES string of the molecule is Cc1cc2ncc(CC(=O)c3cccc(-n4nc(C(F)(F)F)c(Cl)c4COc4ccc(C(=O)OC(C)(C)C)cc4)c3)cn2n1. The Balaban J connectivity index is 1.39. The molecule has 0 radical (unpaired) electrons. The monoisotopic (exact) mass is 625 g/mol. The Morgan fingerprint density at radius 2 is 1.70 bits per heavy atom. The zero-order valence-electron chi connectivity index (χ0n) is 24.1. The van der Waals surface area contributed by atoms with Gasteiger partial charge in [0.2, 0.25) is 0 Å². The van der Waals surface area contributed by atoms with E-state index in [-0.39, 0.29) is 47.1 Å². The molecule has 0 atom stereocenters. The molecule has 0 fully saturated rings. The van der Waals surface area contributed by atoms with Gasteiger partial charge in [-0.25, -0.2) is 19.0 Å². The van der Waals surface area contributed by atoms with Crippen LogP contribution in [0.25, 0.3) is 11.3 Å². The first-order valence-corrected chi connectivity index (χ1v) is 13.8. The van der Waals surface area contributed by atoms with Crippen LogP contribution in [0.1, 0.15) is 64.1 Å². The fourth-order valence-electron chi connectivity index (χ4n) is 4.35. The molecule has 0 spiro atoms. The molecule has 0 saturated heterocycles. The van der Waals surface area contributed by atoms with Crippen molar-refractivity contribution >= 4 is 29.0 Å². The van der Waals surface area contributed by atoms with Crippen molar-refractivity contribution in [1.29, 1.82) is 0 Å². The van der Waals surface area contributed by atoms with Crippen LogP contribution in [0.3, 0.4) is 0 Å². The maximum atomic E-state index is 13.8. The number of esters is 1. The number of halogens is 4. The number of alkyl halides is 3. The molecular formula is C31H27ClF3N5O4. The number of ketones is 1. The molecule has 3 heterocycles. The molecule has 44 heavy (non-hydrogen) atoms. The van der Waals surface area contributed by atoms with Gasteiger partial charge < -0.3 is 9.47 Å². The fourth-order valence-corrected chi connectivity index (χ4v) is 4.63. The second-order valence-electron chi connectivity index (χ2n) is 11.0. The van der Waals surface area contributed by atoms with Gasteiger partial charge in [-0.3, -0.25) is 4.79 Å². The van der Waals surface area contributed by atoms with E-state index in [0.29, 0.717) is 11.2 Å². The minimum absolute atomic E-state index is 0.00573. The highest BCUT2D eigenvalue weighted by atomic mass is 35.5. The van der Waals surface area contributed by atoms with Gasteiger partial charge in [-0.1, -0.05) is 23.7 Å². The summed E-state index contributed by atoms with van der Waals surface area (Å²) in [4.78, 5) is 29.8. The lowest BCUT2D eigenvalue weighted by Gasteiger charge is -2.19. The molecule has 0 bridgehead atoms. The van der Waals surface area contributed by atoms with Crippen LogP contribution in [-0.4, -0.2) is 41.7 Å². The number of Topliss-reactive ketones (excluding diaryl/α,β-unsaturated/α-hetero) is 1. The number of carbonyl (C=O) groups excluding carboxylic acids is 2. The third kappa shape index (κ3) is 6.91. The molecule has 2 aromatic carbocycles. The fraction of sp³-hybridized carbons (Fsp3) is 0.258. The molecule has 0 N–H and O–H groups in total. The topological polar surface area (TPSA) is 101 Å². The molecule has 5 aromatic rings. The Kier molecular flexibility index (Phi) is 8.21. The molecule has 0 unspecified atom stereocenters. The second kappa shape index (κ2) is 11.8. The molecule has 0 amide bonds. The Morgan fingerprint density at radius 1 is 0.977 bits per heavy atom. The first kappa shape index (κ1) is 30.7. The van der Waals surface area contributed by atoms with Crippen LogP contribution < -0.4 is 4.74 Å². The summed E-state index contributed by atoms with van der Waals surface area (Å²) in [6, 6.07) is 13.8. The maximum absolute atomic E-state index is 13.8. The molecule has 9 nitrogen and oxygen atoms in total. The number of hydrogen-bond donors (Lipinski definition) is 0. The third-order valence-electron chi connectivity index (χ3n) is 6.32. The minimum atomic E-state index is -4.84. The van der Waals surface area contributed by atoms with Crippen molar-refractivity contribution in [3.05, 3.63) is 106 Å². The van der Waals surface area contributed by atoms with Crippen LogP contribution in [0, 0.1) is 6.92 Å². The second-order valence-corrected chi connectivity index (χ2v) is 11.4. The highest BCUT2D eigenvalue weighted by molar-refractivity contribution is 6.32. The molecule has 5 rings (SSSR count). The van der Waals surface area contributed by atoms with Crippen molar-refractivity contribution in [3.8, 4) is 11.4 Å². The van der Waals surface area contributed by atoms with Crippen molar-refractivity contribution < 1.29 is 32.2 Å². The van der Waals surface area contributed by atoms with E-state index < -0.39 is 28.5 Å². The van der Waals surface area contributed by atoms with Crippen LogP contribution in [0.2, 0.25) is 5.02 Å². The zero-order valence-corrected chi connectivity index (χ0v) is 24.9. The molecule has 13 heteroatoms. The van der Waals surface area contributed by atoms with E-state index in [4.69, 9.17) is 21.1 Å². The van der Waals surface area contributed by atoms with Gasteiger partial charge in [0, 0.05) is 30.4 Å². The van der Waals surface area contributed by atoms with Gasteiger partial charge in [-0.05, 0) is 69.7 Å². The largest absolute Gasteiger partial charge is 0.487 e. The van der Waals surface area contributed by atoms with Crippen LogP contribution in [0.4, 0.5) is 13.2 Å². The van der Waals surface area contributed by atoms with E-state index >= 15 is 0 Å². The Morgan fingerprint density at radius 3 is 2.39 bits per heavy atom. The predicted octanol–water partition coefficient (Wildman–Crippen LogP) is 6.86. The van der Waals surface area contributed by atoms with E-state index in [2.05, 4.69) is 15.2 Å². The van der Waals surface area contributed by atoms with Gasteiger partial charge in [0.05, 0.1) is 22.0 Å². The van der Waals surface area contributed by atoms with Crippen LogP contribution >= 0.6 is 11.6 Å². The average molecular weight is 626 g/mol. The first-order valence-electron chi connectivity index (χ1n) is 13.4. The van der Waals surface area contributed by atoms with E-state index in [1.807, 2.05) is 6.92 Å². The number of aromatic nitrogens is 5. The van der Waals surface area contributed by atoms with Gasteiger partial charge in [0.25, 0.3) is 0 Å². The van der Waals surface area contributed by atoms with E-state index in [1.165, 1.54) is 36.4 Å². The maximum Gasteiger partial charge on any atom is 0.436 e. The average Bonchev–Trinajstić information content (AvgIpc) is 3.49. The molecular weight excluding hydrogens is 599 g/mol. The highest BCUT2D eigenvalue weighted by Gasteiger charge is 2.39. The van der Waals surface area contributed by atoms with Crippen LogP contribution in [-0.2, 0) is 23.9 Å². The summed E-state index contributed by atoms with van der Waals surface area (Å²) in [5.41, 5.74) is 0.716. The number of benzene rings is 2. The van der Waals surface area contributed by atoms with Crippen LogP contribution in [0.15, 0.2) is 67.0 Å². The molecule has 0 aliphatic rings. The van der Waals surface area contributed by atoms with Gasteiger partial charge in [-0.15, -0.1) is 0 Å². The highest BCUT2D eigenvalue weighted by Crippen LogP contribution is 2.37. The lowest BCUT2D eigenvalue weighted by molar-refractivity contribution is -0.141. The Bertz CT molecular complexity index is 1860. The lowest BCUT2D eigenvalue weighted by atomic mass is 10.0. The normalized spacial score (nSPS) is 12.0. The van der Waals surface area contributed by atoms with Gasteiger partial charge in [-0.2, -0.15) is 23.4 Å². The van der Waals surface area contributed by atoms with Gasteiger partial charge in [0.15, 0.2) is 17.1 Å². The van der Waals surface area contributed by atoms with Crippen molar-refractivity contribution in [2.75, 3.05) is 0 Å². The Hall–Kier alpha value is -4.71. The number of carbonyl (C=O) groups is 2. The number of ether oxygens (including phenoxy) is 2. The quantitative estimate of drug-likeness (QED) is 0.137. The van der Waals surface area contributed by atoms with Gasteiger partial charge >= 0.3 is 12.1 Å². The summed E-state index contributed by atoms with van der Waals surface area (Å²) in [6.07, 6.45) is -1.56. The van der Waals surface area contributed by atoms with Crippen molar-refractivity contribution in [1.82, 2.24) is 24.4 Å². The summed E-state index contributed by atoms with van der Waals surface area (Å²) in [5, 5.41) is 7.42. The van der Waals surface area contributed by atoms with Crippen molar-refractivity contribution in [2.24, 2.45) is 0 Å². The first-order chi connectivity index (χ1) is 20.7. The molecule has 0 aliphatic carbocycles. The summed E-state index contributed by atoms with van der Waals surface area (Å²) in [6.45, 7) is 6.68. The Labute approximate surface area is 255 Å². The number of nitrogens with zero attached hydrogens (tertiary/aromatic N) is 5. The number of fused-ring (bicyclic) bond motifs is 1. The van der Waals surface area contributed by atoms with Crippen LogP contribution in [0.5, 0.6) is 5.75 Å². The summed E-state index contributed by atoms with van der Waals surface area (Å²) < 4.78 is 55.1. The standard InChI is InChI=1S/C31H27ClF3N5O4/c1-18-12-26-36-15-19(16-39(26)37-18)13-25(41)21-6-5-7-22(14-21)40-24(27(32)28(38-40)31(33,34)35)17-43-23-10-8-20(9-11-23)29(42)44-30(2,3)4/h5-12,14-16H,13,17H2,1-4H3. The summed E-state index contributed by atoms with van der Waals surface area (Å²) >= 11 is 6.19. The molecule has 3 aromatic heterocycles. The third-order valence-corrected chi connectivity index (χ3v) is 6.71. The van der Waals surface area contributed by atoms with Gasteiger partial charge in [0.1, 0.15) is 23.7 Å². The predicted molar refractivity (Wildman–Crippen MR) is 155 cm³/mol. The van der Waals surface area contributed by atoms with E-state index in [9.17, 15) is 22.8 Å².